The first kappa shape index (κ1) is 23.2. The van der Waals surface area contributed by atoms with Gasteiger partial charge in [-0.1, -0.05) is 56.1 Å². The highest BCUT2D eigenvalue weighted by atomic mass is 32.2. The molecule has 2 N–H and O–H groups in total. The topological polar surface area (TPSA) is 97.5 Å². The van der Waals surface area contributed by atoms with Crippen LogP contribution in [0.1, 0.15) is 44.6 Å². The van der Waals surface area contributed by atoms with Crippen LogP contribution in [0.15, 0.2) is 70.5 Å². The molecule has 1 aliphatic carbocycles. The molecule has 1 fully saturated rings. The second-order valence-electron chi connectivity index (χ2n) is 9.20. The summed E-state index contributed by atoms with van der Waals surface area (Å²) in [5, 5.41) is 29.7. The SMILES string of the molecule is CC1(c2cc(OCC(=O)O)cc(-n3nc4ccc(Sc5ccccc5)cc4n3)c2O)CCCCC1. The molecule has 1 aliphatic rings. The second-order valence-corrected chi connectivity index (χ2v) is 10.3. The second kappa shape index (κ2) is 9.62. The summed E-state index contributed by atoms with van der Waals surface area (Å²) in [5.41, 5.74) is 2.29. The number of hydrogen-bond acceptors (Lipinski definition) is 6. The van der Waals surface area contributed by atoms with Crippen LogP contribution in [0, 0.1) is 0 Å². The molecule has 1 heterocycles. The molecule has 0 bridgehead atoms. The van der Waals surface area contributed by atoms with Crippen molar-refractivity contribution in [1.29, 1.82) is 0 Å². The summed E-state index contributed by atoms with van der Waals surface area (Å²) >= 11 is 1.64. The van der Waals surface area contributed by atoms with E-state index in [0.717, 1.165) is 41.0 Å². The van der Waals surface area contributed by atoms with Gasteiger partial charge < -0.3 is 14.9 Å². The number of phenols is 1. The van der Waals surface area contributed by atoms with E-state index >= 15 is 0 Å². The minimum absolute atomic E-state index is 0.108. The number of ether oxygens (including phenoxy) is 1. The maximum absolute atomic E-state index is 11.4. The van der Waals surface area contributed by atoms with Crippen molar-refractivity contribution in [2.24, 2.45) is 0 Å². The van der Waals surface area contributed by atoms with Gasteiger partial charge in [-0.25, -0.2) is 4.79 Å². The number of carboxylic acids is 1. The molecule has 8 heteroatoms. The Balaban J connectivity index is 1.55. The van der Waals surface area contributed by atoms with E-state index < -0.39 is 12.6 Å². The highest BCUT2D eigenvalue weighted by Gasteiger charge is 2.33. The Hall–Kier alpha value is -3.52. The number of carboxylic acid groups (broad SMARTS) is 1. The van der Waals surface area contributed by atoms with Crippen molar-refractivity contribution in [3.05, 3.63) is 66.2 Å². The number of carbonyl (C=O) groups is 1. The summed E-state index contributed by atoms with van der Waals surface area (Å²) in [6, 6.07) is 19.4. The summed E-state index contributed by atoms with van der Waals surface area (Å²) in [5.74, 6) is -0.573. The number of benzene rings is 3. The van der Waals surface area contributed by atoms with Gasteiger partial charge >= 0.3 is 5.97 Å². The number of aliphatic carboxylic acids is 1. The van der Waals surface area contributed by atoms with Gasteiger partial charge in [0.2, 0.25) is 0 Å². The average Bonchev–Trinajstić information content (AvgIpc) is 3.27. The Morgan fingerprint density at radius 1 is 1.00 bits per heavy atom. The van der Waals surface area contributed by atoms with Crippen LogP contribution in [0.5, 0.6) is 11.5 Å². The van der Waals surface area contributed by atoms with Crippen LogP contribution in [0.2, 0.25) is 0 Å². The van der Waals surface area contributed by atoms with Gasteiger partial charge in [0.25, 0.3) is 0 Å². The molecule has 4 aromatic rings. The molecule has 1 saturated carbocycles. The molecule has 0 radical (unpaired) electrons. The molecule has 35 heavy (non-hydrogen) atoms. The number of phenolic OH excluding ortho intramolecular Hbond substituents is 1. The molecule has 0 spiro atoms. The number of aromatic hydroxyl groups is 1. The molecule has 1 aromatic heterocycles. The largest absolute Gasteiger partial charge is 0.505 e. The van der Waals surface area contributed by atoms with E-state index in [4.69, 9.17) is 9.84 Å². The lowest BCUT2D eigenvalue weighted by Crippen LogP contribution is -2.25. The van der Waals surface area contributed by atoms with Gasteiger partial charge in [-0.3, -0.25) is 0 Å². The predicted molar refractivity (Wildman–Crippen MR) is 135 cm³/mol. The molecule has 3 aromatic carbocycles. The van der Waals surface area contributed by atoms with Crippen LogP contribution < -0.4 is 4.74 Å². The van der Waals surface area contributed by atoms with Gasteiger partial charge in [0.1, 0.15) is 28.2 Å². The quantitative estimate of drug-likeness (QED) is 0.330. The zero-order valence-corrected chi connectivity index (χ0v) is 20.3. The monoisotopic (exact) mass is 489 g/mol. The van der Waals surface area contributed by atoms with Crippen molar-refractivity contribution >= 4 is 28.8 Å². The molecular formula is C27H27N3O4S. The van der Waals surface area contributed by atoms with Gasteiger partial charge in [0, 0.05) is 21.4 Å². The van der Waals surface area contributed by atoms with Gasteiger partial charge in [0.05, 0.1) is 0 Å². The van der Waals surface area contributed by atoms with Crippen molar-refractivity contribution in [3.8, 4) is 17.2 Å². The Bertz CT molecular complexity index is 1360. The van der Waals surface area contributed by atoms with Crippen molar-refractivity contribution in [2.45, 2.75) is 54.2 Å². The molecule has 0 amide bonds. The van der Waals surface area contributed by atoms with E-state index in [-0.39, 0.29) is 11.2 Å². The first-order valence-electron chi connectivity index (χ1n) is 11.7. The Morgan fingerprint density at radius 2 is 1.74 bits per heavy atom. The fraction of sp³-hybridized carbons (Fsp3) is 0.296. The molecule has 0 saturated heterocycles. The van der Waals surface area contributed by atoms with Gasteiger partial charge in [0.15, 0.2) is 6.61 Å². The van der Waals surface area contributed by atoms with Crippen LogP contribution >= 0.6 is 11.8 Å². The maximum Gasteiger partial charge on any atom is 0.341 e. The van der Waals surface area contributed by atoms with Crippen LogP contribution in [0.25, 0.3) is 16.7 Å². The fourth-order valence-corrected chi connectivity index (χ4v) is 5.60. The number of fused-ring (bicyclic) bond motifs is 1. The standard InChI is InChI=1S/C27H27N3O4S/c1-27(12-6-3-7-13-27)21-14-18(34-17-25(31)32)15-24(26(21)33)30-28-22-11-10-20(16-23(22)29-30)35-19-8-4-2-5-9-19/h2,4-5,8-11,14-16,33H,3,6-7,12-13,17H2,1H3,(H,31,32). The zero-order chi connectivity index (χ0) is 24.4. The van der Waals surface area contributed by atoms with Crippen LogP contribution in [-0.4, -0.2) is 37.8 Å². The normalized spacial score (nSPS) is 15.2. The summed E-state index contributed by atoms with van der Waals surface area (Å²) < 4.78 is 5.54. The van der Waals surface area contributed by atoms with E-state index in [2.05, 4.69) is 29.3 Å². The summed E-state index contributed by atoms with van der Waals surface area (Å²) in [4.78, 5) is 14.7. The fourth-order valence-electron chi connectivity index (χ4n) is 4.73. The molecule has 180 valence electrons. The summed E-state index contributed by atoms with van der Waals surface area (Å²) in [6.45, 7) is 1.68. The third-order valence-corrected chi connectivity index (χ3v) is 7.58. The van der Waals surface area contributed by atoms with Gasteiger partial charge in [-0.15, -0.1) is 15.0 Å². The van der Waals surface area contributed by atoms with Gasteiger partial charge in [-0.2, -0.15) is 0 Å². The molecule has 0 unspecified atom stereocenters. The molecular weight excluding hydrogens is 462 g/mol. The van der Waals surface area contributed by atoms with Crippen molar-refractivity contribution in [1.82, 2.24) is 15.0 Å². The highest BCUT2D eigenvalue weighted by Crippen LogP contribution is 2.46. The van der Waals surface area contributed by atoms with E-state index in [1.165, 1.54) is 11.2 Å². The minimum atomic E-state index is -1.06. The lowest BCUT2D eigenvalue weighted by molar-refractivity contribution is -0.139. The summed E-state index contributed by atoms with van der Waals surface area (Å²) in [7, 11) is 0. The van der Waals surface area contributed by atoms with Gasteiger partial charge in [-0.05, 0) is 54.7 Å². The van der Waals surface area contributed by atoms with Crippen LogP contribution in [0.3, 0.4) is 0 Å². The number of rotatable bonds is 7. The highest BCUT2D eigenvalue weighted by molar-refractivity contribution is 7.99. The van der Waals surface area contributed by atoms with Crippen LogP contribution in [0.4, 0.5) is 0 Å². The maximum atomic E-state index is 11.4. The van der Waals surface area contributed by atoms with E-state index in [1.54, 1.807) is 23.9 Å². The minimum Gasteiger partial charge on any atom is -0.505 e. The van der Waals surface area contributed by atoms with E-state index in [1.807, 2.05) is 36.4 Å². The number of aromatic nitrogens is 3. The zero-order valence-electron chi connectivity index (χ0n) is 19.5. The van der Waals surface area contributed by atoms with E-state index in [0.29, 0.717) is 22.5 Å². The number of nitrogens with zero attached hydrogens (tertiary/aromatic N) is 3. The lowest BCUT2D eigenvalue weighted by Gasteiger charge is -2.35. The van der Waals surface area contributed by atoms with Crippen molar-refractivity contribution < 1.29 is 19.7 Å². The molecule has 0 aliphatic heterocycles. The van der Waals surface area contributed by atoms with Crippen molar-refractivity contribution in [3.63, 3.8) is 0 Å². The first-order chi connectivity index (χ1) is 16.9. The van der Waals surface area contributed by atoms with Crippen LogP contribution in [-0.2, 0) is 10.2 Å². The van der Waals surface area contributed by atoms with Crippen molar-refractivity contribution in [2.75, 3.05) is 6.61 Å². The molecule has 5 rings (SSSR count). The first-order valence-corrected chi connectivity index (χ1v) is 12.6. The lowest BCUT2D eigenvalue weighted by atomic mass is 9.70. The number of hydrogen-bond donors (Lipinski definition) is 2. The molecule has 7 nitrogen and oxygen atoms in total. The third kappa shape index (κ3) is 4.98. The average molecular weight is 490 g/mol. The summed E-state index contributed by atoms with van der Waals surface area (Å²) in [6.07, 6.45) is 5.22. The Morgan fingerprint density at radius 3 is 2.49 bits per heavy atom. The molecule has 0 atom stereocenters. The smallest absolute Gasteiger partial charge is 0.341 e. The third-order valence-electron chi connectivity index (χ3n) is 6.58. The predicted octanol–water partition coefficient (Wildman–Crippen LogP) is 5.96. The van der Waals surface area contributed by atoms with E-state index in [9.17, 15) is 9.90 Å². The Labute approximate surface area is 207 Å². The Kier molecular flexibility index (Phi) is 6.38.